The monoisotopic (exact) mass is 351 g/mol. The summed E-state index contributed by atoms with van der Waals surface area (Å²) in [5, 5.41) is 7.32. The van der Waals surface area contributed by atoms with Gasteiger partial charge >= 0.3 is 0 Å². The number of carbonyl (C=O) groups is 1. The molecule has 0 aliphatic carbocycles. The van der Waals surface area contributed by atoms with Crippen LogP contribution in [0.3, 0.4) is 0 Å². The number of nitrogens with zero attached hydrogens (tertiary/aromatic N) is 2. The van der Waals surface area contributed by atoms with Crippen LogP contribution >= 0.6 is 11.6 Å². The molecule has 0 atom stereocenters. The molecule has 1 fully saturated rings. The Morgan fingerprint density at radius 3 is 2.75 bits per heavy atom. The predicted molar refractivity (Wildman–Crippen MR) is 89.6 cm³/mol. The van der Waals surface area contributed by atoms with E-state index in [0.717, 1.165) is 12.8 Å². The maximum absolute atomic E-state index is 14.2. The molecule has 1 aliphatic heterocycles. The highest BCUT2D eigenvalue weighted by Crippen LogP contribution is 2.34. The number of hydrogen-bond donors (Lipinski definition) is 1. The van der Waals surface area contributed by atoms with Crippen molar-refractivity contribution in [3.8, 4) is 11.3 Å². The van der Waals surface area contributed by atoms with E-state index in [-0.39, 0.29) is 27.8 Å². The highest BCUT2D eigenvalue weighted by Gasteiger charge is 2.30. The van der Waals surface area contributed by atoms with Crippen LogP contribution in [-0.4, -0.2) is 42.1 Å². The van der Waals surface area contributed by atoms with Gasteiger partial charge in [0.2, 0.25) is 0 Å². The highest BCUT2D eigenvalue weighted by molar-refractivity contribution is 6.33. The Labute approximate surface area is 144 Å². The van der Waals surface area contributed by atoms with Crippen molar-refractivity contribution < 1.29 is 13.7 Å². The standard InChI is InChI=1S/C17H19ClFN3O2/c1-10-14(17(23)22-8-6-11(20-2)7-9-22)16(21-24-10)15-12(18)4-3-5-13(15)19/h3-5,11,20H,6-9H2,1-2H3. The number of rotatable bonds is 3. The molecule has 128 valence electrons. The molecular weight excluding hydrogens is 333 g/mol. The van der Waals surface area contributed by atoms with E-state index in [9.17, 15) is 9.18 Å². The Morgan fingerprint density at radius 2 is 2.12 bits per heavy atom. The van der Waals surface area contributed by atoms with Crippen LogP contribution < -0.4 is 5.32 Å². The molecule has 0 radical (unpaired) electrons. The molecule has 24 heavy (non-hydrogen) atoms. The van der Waals surface area contributed by atoms with Gasteiger partial charge in [-0.25, -0.2) is 4.39 Å². The second-order valence-corrected chi connectivity index (χ2v) is 6.32. The van der Waals surface area contributed by atoms with Crippen molar-refractivity contribution in [3.05, 3.63) is 40.4 Å². The molecule has 0 unspecified atom stereocenters. The molecule has 0 saturated carbocycles. The van der Waals surface area contributed by atoms with E-state index < -0.39 is 5.82 Å². The Kier molecular flexibility index (Phi) is 4.87. The summed E-state index contributed by atoms with van der Waals surface area (Å²) in [5.74, 6) is -0.360. The minimum absolute atomic E-state index is 0.101. The van der Waals surface area contributed by atoms with Gasteiger partial charge < -0.3 is 14.7 Å². The van der Waals surface area contributed by atoms with Gasteiger partial charge in [-0.3, -0.25) is 4.79 Å². The molecule has 1 aromatic carbocycles. The summed E-state index contributed by atoms with van der Waals surface area (Å²) >= 11 is 6.12. The smallest absolute Gasteiger partial charge is 0.259 e. The van der Waals surface area contributed by atoms with Crippen LogP contribution in [0.25, 0.3) is 11.3 Å². The molecule has 2 aromatic rings. The number of nitrogens with one attached hydrogen (secondary N) is 1. The first kappa shape index (κ1) is 16.9. The molecule has 1 aromatic heterocycles. The molecule has 2 heterocycles. The van der Waals surface area contributed by atoms with Crippen molar-refractivity contribution in [1.29, 1.82) is 0 Å². The van der Waals surface area contributed by atoms with Gasteiger partial charge in [-0.1, -0.05) is 22.8 Å². The molecule has 3 rings (SSSR count). The Hall–Kier alpha value is -1.92. The summed E-state index contributed by atoms with van der Waals surface area (Å²) < 4.78 is 19.4. The maximum atomic E-state index is 14.2. The van der Waals surface area contributed by atoms with Gasteiger partial charge in [0.25, 0.3) is 5.91 Å². The average molecular weight is 352 g/mol. The molecule has 1 amide bonds. The number of aromatic nitrogens is 1. The summed E-state index contributed by atoms with van der Waals surface area (Å²) in [7, 11) is 1.92. The van der Waals surface area contributed by atoms with Crippen molar-refractivity contribution in [2.75, 3.05) is 20.1 Å². The molecule has 1 N–H and O–H groups in total. The molecule has 7 heteroatoms. The first-order valence-electron chi connectivity index (χ1n) is 7.90. The van der Waals surface area contributed by atoms with E-state index in [1.807, 2.05) is 7.05 Å². The maximum Gasteiger partial charge on any atom is 0.259 e. The van der Waals surface area contributed by atoms with E-state index in [4.69, 9.17) is 16.1 Å². The van der Waals surface area contributed by atoms with Crippen LogP contribution in [0.1, 0.15) is 29.0 Å². The second-order valence-electron chi connectivity index (χ2n) is 5.91. The van der Waals surface area contributed by atoms with E-state index in [0.29, 0.717) is 24.9 Å². The Morgan fingerprint density at radius 1 is 1.42 bits per heavy atom. The van der Waals surface area contributed by atoms with Crippen LogP contribution in [0.2, 0.25) is 5.02 Å². The Balaban J connectivity index is 1.95. The first-order valence-corrected chi connectivity index (χ1v) is 8.28. The fourth-order valence-electron chi connectivity index (χ4n) is 3.05. The number of carbonyl (C=O) groups excluding carboxylic acids is 1. The van der Waals surface area contributed by atoms with Crippen molar-refractivity contribution in [2.45, 2.75) is 25.8 Å². The van der Waals surface area contributed by atoms with E-state index in [2.05, 4.69) is 10.5 Å². The minimum Gasteiger partial charge on any atom is -0.360 e. The summed E-state index contributed by atoms with van der Waals surface area (Å²) in [6, 6.07) is 4.78. The number of likely N-dealkylation sites (tertiary alicyclic amines) is 1. The van der Waals surface area contributed by atoms with Gasteiger partial charge in [-0.15, -0.1) is 0 Å². The number of benzene rings is 1. The van der Waals surface area contributed by atoms with Crippen LogP contribution in [-0.2, 0) is 0 Å². The van der Waals surface area contributed by atoms with E-state index in [1.54, 1.807) is 17.9 Å². The number of aryl methyl sites for hydroxylation is 1. The van der Waals surface area contributed by atoms with Crippen molar-refractivity contribution >= 4 is 17.5 Å². The first-order chi connectivity index (χ1) is 11.5. The number of hydrogen-bond acceptors (Lipinski definition) is 4. The number of amides is 1. The van der Waals surface area contributed by atoms with Crippen LogP contribution in [0, 0.1) is 12.7 Å². The lowest BCUT2D eigenvalue weighted by Crippen LogP contribution is -2.44. The topological polar surface area (TPSA) is 58.4 Å². The van der Waals surface area contributed by atoms with Gasteiger partial charge in [-0.2, -0.15) is 0 Å². The Bertz CT molecular complexity index is 734. The summed E-state index contributed by atoms with van der Waals surface area (Å²) in [4.78, 5) is 14.7. The fourth-order valence-corrected chi connectivity index (χ4v) is 3.30. The lowest BCUT2D eigenvalue weighted by Gasteiger charge is -2.31. The van der Waals surface area contributed by atoms with Crippen molar-refractivity contribution in [1.82, 2.24) is 15.4 Å². The summed E-state index contributed by atoms with van der Waals surface area (Å²) in [5.41, 5.74) is 0.547. The number of piperidine rings is 1. The third kappa shape index (κ3) is 3.03. The second kappa shape index (κ2) is 6.91. The summed E-state index contributed by atoms with van der Waals surface area (Å²) in [6.45, 7) is 2.93. The lowest BCUT2D eigenvalue weighted by molar-refractivity contribution is 0.0706. The van der Waals surface area contributed by atoms with Gasteiger partial charge in [0.1, 0.15) is 22.8 Å². The zero-order valence-corrected chi connectivity index (χ0v) is 14.4. The zero-order chi connectivity index (χ0) is 17.3. The lowest BCUT2D eigenvalue weighted by atomic mass is 10.0. The quantitative estimate of drug-likeness (QED) is 0.922. The summed E-state index contributed by atoms with van der Waals surface area (Å²) in [6.07, 6.45) is 1.75. The third-order valence-electron chi connectivity index (χ3n) is 4.47. The van der Waals surface area contributed by atoms with Gasteiger partial charge in [-0.05, 0) is 38.9 Å². The minimum atomic E-state index is -0.529. The van der Waals surface area contributed by atoms with Crippen LogP contribution in [0.5, 0.6) is 0 Å². The largest absolute Gasteiger partial charge is 0.360 e. The van der Waals surface area contributed by atoms with Crippen molar-refractivity contribution in [3.63, 3.8) is 0 Å². The van der Waals surface area contributed by atoms with E-state index >= 15 is 0 Å². The molecule has 0 spiro atoms. The van der Waals surface area contributed by atoms with Crippen LogP contribution in [0.15, 0.2) is 22.7 Å². The SMILES string of the molecule is CNC1CCN(C(=O)c2c(-c3c(F)cccc3Cl)noc2C)CC1. The van der Waals surface area contributed by atoms with Crippen molar-refractivity contribution in [2.24, 2.45) is 0 Å². The normalized spacial score (nSPS) is 15.8. The molecule has 5 nitrogen and oxygen atoms in total. The van der Waals surface area contributed by atoms with Crippen LogP contribution in [0.4, 0.5) is 4.39 Å². The molecule has 1 saturated heterocycles. The fraction of sp³-hybridized carbons (Fsp3) is 0.412. The average Bonchev–Trinajstić information content (AvgIpc) is 2.95. The molecule has 0 bridgehead atoms. The third-order valence-corrected chi connectivity index (χ3v) is 4.78. The zero-order valence-electron chi connectivity index (χ0n) is 13.6. The van der Waals surface area contributed by atoms with E-state index in [1.165, 1.54) is 12.1 Å². The number of halogens is 2. The van der Waals surface area contributed by atoms with Gasteiger partial charge in [0.05, 0.1) is 10.6 Å². The van der Waals surface area contributed by atoms with Gasteiger partial charge in [0, 0.05) is 19.1 Å². The molecule has 1 aliphatic rings. The van der Waals surface area contributed by atoms with Gasteiger partial charge in [0.15, 0.2) is 0 Å². The predicted octanol–water partition coefficient (Wildman–Crippen LogP) is 3.27. The highest BCUT2D eigenvalue weighted by atomic mass is 35.5. The molecular formula is C17H19ClFN3O2.